The highest BCUT2D eigenvalue weighted by Gasteiger charge is 2.31. The molecule has 13 heteroatoms. The van der Waals surface area contributed by atoms with Gasteiger partial charge in [0.05, 0.1) is 12.5 Å². The highest BCUT2D eigenvalue weighted by Crippen LogP contribution is 2.05. The van der Waals surface area contributed by atoms with Crippen LogP contribution < -0.4 is 27.4 Å². The van der Waals surface area contributed by atoms with Crippen molar-refractivity contribution in [3.05, 3.63) is 0 Å². The van der Waals surface area contributed by atoms with Crippen LogP contribution in [0.5, 0.6) is 0 Å². The van der Waals surface area contributed by atoms with Gasteiger partial charge in [-0.2, -0.15) is 0 Å². The monoisotopic (exact) mass is 431 g/mol. The van der Waals surface area contributed by atoms with E-state index in [9.17, 15) is 28.8 Å². The van der Waals surface area contributed by atoms with Crippen LogP contribution in [0.1, 0.15) is 40.0 Å². The Morgan fingerprint density at radius 1 is 0.867 bits per heavy atom. The van der Waals surface area contributed by atoms with Crippen molar-refractivity contribution in [3.8, 4) is 0 Å². The number of amides is 4. The van der Waals surface area contributed by atoms with Crippen LogP contribution in [-0.4, -0.2) is 69.9 Å². The molecule has 0 aromatic heterocycles. The van der Waals surface area contributed by atoms with E-state index in [1.54, 1.807) is 13.8 Å². The second-order valence-electron chi connectivity index (χ2n) is 7.07. The summed E-state index contributed by atoms with van der Waals surface area (Å²) in [5, 5.41) is 24.6. The average Bonchev–Trinajstić information content (AvgIpc) is 2.61. The molecule has 0 spiro atoms. The number of nitrogens with one attached hydrogen (secondary N) is 3. The van der Waals surface area contributed by atoms with Gasteiger partial charge in [-0.25, -0.2) is 4.79 Å². The minimum atomic E-state index is -1.56. The summed E-state index contributed by atoms with van der Waals surface area (Å²) < 4.78 is 0. The minimum Gasteiger partial charge on any atom is -0.481 e. The first-order valence-corrected chi connectivity index (χ1v) is 9.15. The van der Waals surface area contributed by atoms with Crippen molar-refractivity contribution in [1.29, 1.82) is 0 Å². The third-order valence-corrected chi connectivity index (χ3v) is 4.02. The molecular weight excluding hydrogens is 402 g/mol. The van der Waals surface area contributed by atoms with Crippen molar-refractivity contribution < 1.29 is 39.0 Å². The van der Waals surface area contributed by atoms with Crippen molar-refractivity contribution in [3.63, 3.8) is 0 Å². The fourth-order valence-electron chi connectivity index (χ4n) is 2.27. The molecule has 0 rings (SSSR count). The van der Waals surface area contributed by atoms with Crippen LogP contribution in [0.25, 0.3) is 0 Å². The average molecular weight is 431 g/mol. The molecule has 0 aromatic rings. The largest absolute Gasteiger partial charge is 0.481 e. The predicted octanol–water partition coefficient (Wildman–Crippen LogP) is -2.73. The highest BCUT2D eigenvalue weighted by molar-refractivity contribution is 5.94. The molecule has 0 saturated carbocycles. The molecule has 0 aliphatic heterocycles. The van der Waals surface area contributed by atoms with Crippen molar-refractivity contribution >= 4 is 35.6 Å². The first-order valence-electron chi connectivity index (χ1n) is 9.15. The molecule has 4 amide bonds. The van der Waals surface area contributed by atoms with Gasteiger partial charge in [-0.05, 0) is 19.3 Å². The normalized spacial score (nSPS) is 14.7. The topological polar surface area (TPSA) is 231 Å². The molecule has 0 saturated heterocycles. The van der Waals surface area contributed by atoms with Crippen LogP contribution in [0.4, 0.5) is 0 Å². The Bertz CT molecular complexity index is 681. The van der Waals surface area contributed by atoms with Crippen LogP contribution in [-0.2, 0) is 28.8 Å². The Morgan fingerprint density at radius 3 is 1.87 bits per heavy atom. The van der Waals surface area contributed by atoms with Gasteiger partial charge in [0, 0.05) is 6.42 Å². The van der Waals surface area contributed by atoms with E-state index in [4.69, 9.17) is 21.7 Å². The maximum atomic E-state index is 12.4. The van der Waals surface area contributed by atoms with Gasteiger partial charge in [-0.3, -0.25) is 24.0 Å². The number of carbonyl (C=O) groups excluding carboxylic acids is 4. The summed E-state index contributed by atoms with van der Waals surface area (Å²) >= 11 is 0. The maximum Gasteiger partial charge on any atom is 0.326 e. The second-order valence-corrected chi connectivity index (χ2v) is 7.07. The Labute approximate surface area is 172 Å². The number of aliphatic carboxylic acids is 2. The molecule has 0 fully saturated rings. The standard InChI is InChI=1S/C17H29N5O8/c1-7(2)13(16(28)21-10(17(29)30)6-11(19)23)22-14(26)8(3)20-15(27)9(18)4-5-12(24)25/h7-10,13H,4-6,18H2,1-3H3,(H2,19,23)(H,20,27)(H,21,28)(H,22,26)(H,24,25)(H,29,30). The second kappa shape index (κ2) is 12.4. The summed E-state index contributed by atoms with van der Waals surface area (Å²) in [6, 6.07) is -4.96. The third-order valence-electron chi connectivity index (χ3n) is 4.02. The van der Waals surface area contributed by atoms with Gasteiger partial charge in [-0.15, -0.1) is 0 Å². The van der Waals surface area contributed by atoms with Crippen LogP contribution in [0.3, 0.4) is 0 Å². The van der Waals surface area contributed by atoms with Gasteiger partial charge in [0.25, 0.3) is 0 Å². The van der Waals surface area contributed by atoms with E-state index in [2.05, 4.69) is 16.0 Å². The van der Waals surface area contributed by atoms with Crippen LogP contribution in [0.15, 0.2) is 0 Å². The van der Waals surface area contributed by atoms with Gasteiger partial charge < -0.3 is 37.6 Å². The molecular formula is C17H29N5O8. The smallest absolute Gasteiger partial charge is 0.326 e. The number of carbonyl (C=O) groups is 6. The molecule has 9 N–H and O–H groups in total. The van der Waals surface area contributed by atoms with E-state index >= 15 is 0 Å². The number of carboxylic acids is 2. The van der Waals surface area contributed by atoms with E-state index in [0.29, 0.717) is 0 Å². The SMILES string of the molecule is CC(NC(=O)C(N)CCC(=O)O)C(=O)NC(C(=O)NC(CC(N)=O)C(=O)O)C(C)C. The fraction of sp³-hybridized carbons (Fsp3) is 0.647. The quantitative estimate of drug-likeness (QED) is 0.160. The number of hydrogen-bond donors (Lipinski definition) is 7. The zero-order valence-electron chi connectivity index (χ0n) is 17.0. The van der Waals surface area contributed by atoms with E-state index in [0.717, 1.165) is 0 Å². The number of carboxylic acid groups (broad SMARTS) is 2. The zero-order chi connectivity index (χ0) is 23.6. The van der Waals surface area contributed by atoms with Crippen LogP contribution in [0, 0.1) is 5.92 Å². The summed E-state index contributed by atoms with van der Waals surface area (Å²) in [6.45, 7) is 4.53. The summed E-state index contributed by atoms with van der Waals surface area (Å²) in [7, 11) is 0. The molecule has 30 heavy (non-hydrogen) atoms. The number of rotatable bonds is 13. The highest BCUT2D eigenvalue weighted by atomic mass is 16.4. The lowest BCUT2D eigenvalue weighted by atomic mass is 10.0. The summed E-state index contributed by atoms with van der Waals surface area (Å²) in [5.74, 6) is -6.30. The molecule has 0 bridgehead atoms. The Balaban J connectivity index is 4.99. The zero-order valence-corrected chi connectivity index (χ0v) is 17.0. The van der Waals surface area contributed by atoms with Crippen molar-refractivity contribution in [2.75, 3.05) is 0 Å². The minimum absolute atomic E-state index is 0.122. The van der Waals surface area contributed by atoms with Gasteiger partial charge in [0.2, 0.25) is 23.6 Å². The summed E-state index contributed by atoms with van der Waals surface area (Å²) in [5.41, 5.74) is 10.5. The third kappa shape index (κ3) is 9.82. The summed E-state index contributed by atoms with van der Waals surface area (Å²) in [4.78, 5) is 69.4. The molecule has 13 nitrogen and oxygen atoms in total. The van der Waals surface area contributed by atoms with E-state index in [1.807, 2.05) is 0 Å². The predicted molar refractivity (Wildman–Crippen MR) is 103 cm³/mol. The summed E-state index contributed by atoms with van der Waals surface area (Å²) in [6.07, 6.45) is -1.07. The Hall–Kier alpha value is -3.22. The fourth-order valence-corrected chi connectivity index (χ4v) is 2.27. The molecule has 0 aliphatic carbocycles. The molecule has 0 aromatic carbocycles. The molecule has 170 valence electrons. The van der Waals surface area contributed by atoms with Crippen molar-refractivity contribution in [2.24, 2.45) is 17.4 Å². The van der Waals surface area contributed by atoms with E-state index in [-0.39, 0.29) is 12.8 Å². The first kappa shape index (κ1) is 26.8. The van der Waals surface area contributed by atoms with Crippen molar-refractivity contribution in [1.82, 2.24) is 16.0 Å². The molecule has 0 aliphatic rings. The maximum absolute atomic E-state index is 12.4. The lowest BCUT2D eigenvalue weighted by molar-refractivity contribution is -0.144. The van der Waals surface area contributed by atoms with E-state index in [1.165, 1.54) is 6.92 Å². The van der Waals surface area contributed by atoms with Gasteiger partial charge in [0.15, 0.2) is 0 Å². The number of hydrogen-bond acceptors (Lipinski definition) is 7. The lowest BCUT2D eigenvalue weighted by Gasteiger charge is -2.25. The van der Waals surface area contributed by atoms with E-state index < -0.39 is 72.1 Å². The first-order chi connectivity index (χ1) is 13.8. The Morgan fingerprint density at radius 2 is 1.43 bits per heavy atom. The van der Waals surface area contributed by atoms with Crippen LogP contribution >= 0.6 is 0 Å². The molecule has 0 radical (unpaired) electrons. The number of primary amides is 1. The Kier molecular flexibility index (Phi) is 11.0. The van der Waals surface area contributed by atoms with Gasteiger partial charge >= 0.3 is 11.9 Å². The van der Waals surface area contributed by atoms with Gasteiger partial charge in [0.1, 0.15) is 18.1 Å². The molecule has 0 heterocycles. The number of nitrogens with two attached hydrogens (primary N) is 2. The van der Waals surface area contributed by atoms with Gasteiger partial charge in [-0.1, -0.05) is 13.8 Å². The molecule has 4 atom stereocenters. The molecule has 4 unspecified atom stereocenters. The lowest BCUT2D eigenvalue weighted by Crippen LogP contribution is -2.58. The van der Waals surface area contributed by atoms with Crippen molar-refractivity contribution in [2.45, 2.75) is 64.2 Å². The van der Waals surface area contributed by atoms with Crippen LogP contribution in [0.2, 0.25) is 0 Å².